The average molecular weight is 309 g/mol. The van der Waals surface area contributed by atoms with Gasteiger partial charge >= 0.3 is 0 Å². The first kappa shape index (κ1) is 13.9. The standard InChI is InChI=1S/C18H19N3O2/c1-18(2)9-11-4-3-5-15(16(11)23-18)21-17-20-14-7-6-13(19)8-12(14)10-22-17/h3-8H,9-10,19H2,1-2H3,(H,20,21). The molecule has 0 radical (unpaired) electrons. The van der Waals surface area contributed by atoms with Crippen molar-refractivity contribution in [3.8, 4) is 5.75 Å². The highest BCUT2D eigenvalue weighted by Crippen LogP contribution is 2.40. The minimum Gasteiger partial charge on any atom is -0.485 e. The maximum atomic E-state index is 6.06. The maximum absolute atomic E-state index is 6.06. The minimum atomic E-state index is -0.181. The van der Waals surface area contributed by atoms with E-state index in [0.29, 0.717) is 12.6 Å². The van der Waals surface area contributed by atoms with Gasteiger partial charge in [-0.15, -0.1) is 0 Å². The minimum absolute atomic E-state index is 0.181. The summed E-state index contributed by atoms with van der Waals surface area (Å²) in [6.45, 7) is 4.63. The Labute approximate surface area is 135 Å². The summed E-state index contributed by atoms with van der Waals surface area (Å²) >= 11 is 0. The Morgan fingerprint density at radius 3 is 2.91 bits per heavy atom. The van der Waals surface area contributed by atoms with Gasteiger partial charge in [0.05, 0.1) is 11.4 Å². The fourth-order valence-electron chi connectivity index (χ4n) is 3.01. The van der Waals surface area contributed by atoms with Crippen LogP contribution in [0.15, 0.2) is 41.4 Å². The second-order valence-corrected chi connectivity index (χ2v) is 6.55. The molecule has 2 aliphatic heterocycles. The van der Waals surface area contributed by atoms with E-state index < -0.39 is 0 Å². The van der Waals surface area contributed by atoms with Crippen LogP contribution in [0.1, 0.15) is 25.0 Å². The topological polar surface area (TPSA) is 68.9 Å². The first-order valence-corrected chi connectivity index (χ1v) is 7.68. The molecule has 0 bridgehead atoms. The van der Waals surface area contributed by atoms with Crippen LogP contribution in [0, 0.1) is 0 Å². The van der Waals surface area contributed by atoms with Gasteiger partial charge in [0.1, 0.15) is 18.0 Å². The number of nitrogens with two attached hydrogens (primary N) is 1. The van der Waals surface area contributed by atoms with Crippen molar-refractivity contribution in [3.05, 3.63) is 47.5 Å². The van der Waals surface area contributed by atoms with Crippen molar-refractivity contribution < 1.29 is 9.47 Å². The molecule has 2 aromatic rings. The predicted molar refractivity (Wildman–Crippen MR) is 91.2 cm³/mol. The van der Waals surface area contributed by atoms with Gasteiger partial charge in [0.15, 0.2) is 0 Å². The van der Waals surface area contributed by atoms with Crippen LogP contribution in [0.25, 0.3) is 0 Å². The first-order valence-electron chi connectivity index (χ1n) is 7.68. The number of ether oxygens (including phenoxy) is 2. The van der Waals surface area contributed by atoms with E-state index in [2.05, 4.69) is 30.2 Å². The van der Waals surface area contributed by atoms with E-state index in [1.54, 1.807) is 0 Å². The van der Waals surface area contributed by atoms with Crippen molar-refractivity contribution in [1.82, 2.24) is 0 Å². The molecule has 0 aliphatic carbocycles. The number of aliphatic imine (C=N–C) groups is 1. The summed E-state index contributed by atoms with van der Waals surface area (Å²) in [5, 5.41) is 3.25. The van der Waals surface area contributed by atoms with Crippen LogP contribution in [0.2, 0.25) is 0 Å². The number of anilines is 2. The van der Waals surface area contributed by atoms with Gasteiger partial charge in [-0.05, 0) is 38.1 Å². The highest BCUT2D eigenvalue weighted by atomic mass is 16.5. The first-order chi connectivity index (χ1) is 11.0. The van der Waals surface area contributed by atoms with Gasteiger partial charge in [-0.2, -0.15) is 4.99 Å². The third-order valence-electron chi connectivity index (χ3n) is 4.02. The summed E-state index contributed by atoms with van der Waals surface area (Å²) in [6, 6.07) is 12.2. The number of hydrogen-bond acceptors (Lipinski definition) is 5. The lowest BCUT2D eigenvalue weighted by Gasteiger charge is -2.20. The maximum Gasteiger partial charge on any atom is 0.294 e. The lowest BCUT2D eigenvalue weighted by atomic mass is 10.0. The predicted octanol–water partition coefficient (Wildman–Crippen LogP) is 3.61. The molecular formula is C18H19N3O2. The molecule has 118 valence electrons. The van der Waals surface area contributed by atoms with E-state index >= 15 is 0 Å². The third kappa shape index (κ3) is 2.59. The Bertz CT molecular complexity index is 812. The van der Waals surface area contributed by atoms with E-state index in [-0.39, 0.29) is 5.60 Å². The number of nitrogens with one attached hydrogen (secondary N) is 1. The van der Waals surface area contributed by atoms with Crippen molar-refractivity contribution in [3.63, 3.8) is 0 Å². The highest BCUT2D eigenvalue weighted by molar-refractivity contribution is 5.94. The fourth-order valence-corrected chi connectivity index (χ4v) is 3.01. The van der Waals surface area contributed by atoms with Gasteiger partial charge in [-0.25, -0.2) is 0 Å². The number of rotatable bonds is 1. The summed E-state index contributed by atoms with van der Waals surface area (Å²) in [5.74, 6) is 0.881. The lowest BCUT2D eigenvalue weighted by molar-refractivity contribution is 0.139. The van der Waals surface area contributed by atoms with Gasteiger partial charge in [0.2, 0.25) is 0 Å². The van der Waals surface area contributed by atoms with Crippen LogP contribution < -0.4 is 15.8 Å². The van der Waals surface area contributed by atoms with Crippen LogP contribution in [0.3, 0.4) is 0 Å². The van der Waals surface area contributed by atoms with Crippen LogP contribution in [-0.2, 0) is 17.8 Å². The Hall–Kier alpha value is -2.69. The molecule has 2 heterocycles. The second kappa shape index (κ2) is 4.91. The Morgan fingerprint density at radius 2 is 2.04 bits per heavy atom. The summed E-state index contributed by atoms with van der Waals surface area (Å²) in [7, 11) is 0. The normalized spacial score (nSPS) is 17.4. The van der Waals surface area contributed by atoms with Crippen LogP contribution in [-0.4, -0.2) is 11.6 Å². The van der Waals surface area contributed by atoms with E-state index in [1.165, 1.54) is 5.56 Å². The smallest absolute Gasteiger partial charge is 0.294 e. The number of para-hydroxylation sites is 1. The number of amidine groups is 1. The van der Waals surface area contributed by atoms with Crippen molar-refractivity contribution in [2.45, 2.75) is 32.5 Å². The molecule has 2 aliphatic rings. The average Bonchev–Trinajstić information content (AvgIpc) is 2.82. The molecule has 0 aromatic heterocycles. The molecule has 23 heavy (non-hydrogen) atoms. The van der Waals surface area contributed by atoms with Gasteiger partial charge < -0.3 is 20.5 Å². The SMILES string of the molecule is CC1(C)Cc2cccc(NC3=Nc4ccc(N)cc4CO3)c2O1. The monoisotopic (exact) mass is 309 g/mol. The van der Waals surface area contributed by atoms with Crippen LogP contribution in [0.4, 0.5) is 17.1 Å². The number of nitrogen functional groups attached to an aromatic ring is 1. The molecule has 0 amide bonds. The van der Waals surface area contributed by atoms with Gasteiger partial charge in [-0.1, -0.05) is 12.1 Å². The number of benzene rings is 2. The quantitative estimate of drug-likeness (QED) is 0.790. The van der Waals surface area contributed by atoms with Crippen molar-refractivity contribution in [2.24, 2.45) is 4.99 Å². The molecule has 2 aromatic carbocycles. The van der Waals surface area contributed by atoms with E-state index in [9.17, 15) is 0 Å². The lowest BCUT2D eigenvalue weighted by Crippen LogP contribution is -2.25. The molecule has 0 fully saturated rings. The van der Waals surface area contributed by atoms with E-state index in [1.807, 2.05) is 30.3 Å². The second-order valence-electron chi connectivity index (χ2n) is 6.55. The third-order valence-corrected chi connectivity index (χ3v) is 4.02. The summed E-state index contributed by atoms with van der Waals surface area (Å²) in [4.78, 5) is 4.52. The largest absolute Gasteiger partial charge is 0.485 e. The molecule has 0 saturated heterocycles. The van der Waals surface area contributed by atoms with Gasteiger partial charge in [0.25, 0.3) is 6.02 Å². The zero-order valence-corrected chi connectivity index (χ0v) is 13.2. The molecule has 0 atom stereocenters. The molecular weight excluding hydrogens is 290 g/mol. The van der Waals surface area contributed by atoms with Crippen LogP contribution in [0.5, 0.6) is 5.75 Å². The molecule has 0 spiro atoms. The number of hydrogen-bond donors (Lipinski definition) is 2. The molecule has 0 unspecified atom stereocenters. The zero-order chi connectivity index (χ0) is 16.0. The molecule has 5 nitrogen and oxygen atoms in total. The zero-order valence-electron chi connectivity index (χ0n) is 13.2. The summed E-state index contributed by atoms with van der Waals surface area (Å²) in [5.41, 5.74) is 10.3. The number of fused-ring (bicyclic) bond motifs is 2. The van der Waals surface area contributed by atoms with Crippen molar-refractivity contribution >= 4 is 23.1 Å². The Kier molecular flexibility index (Phi) is 2.98. The Morgan fingerprint density at radius 1 is 1.17 bits per heavy atom. The summed E-state index contributed by atoms with van der Waals surface area (Å²) in [6.07, 6.45) is 0.896. The van der Waals surface area contributed by atoms with Crippen molar-refractivity contribution in [1.29, 1.82) is 0 Å². The van der Waals surface area contributed by atoms with E-state index in [4.69, 9.17) is 15.2 Å². The van der Waals surface area contributed by atoms with Crippen molar-refractivity contribution in [2.75, 3.05) is 11.1 Å². The summed E-state index contributed by atoms with van der Waals surface area (Å²) < 4.78 is 11.8. The van der Waals surface area contributed by atoms with Crippen LogP contribution >= 0.6 is 0 Å². The molecule has 4 rings (SSSR count). The molecule has 0 saturated carbocycles. The Balaban J connectivity index is 1.63. The highest BCUT2D eigenvalue weighted by Gasteiger charge is 2.32. The van der Waals surface area contributed by atoms with E-state index in [0.717, 1.165) is 34.8 Å². The molecule has 5 heteroatoms. The fraction of sp³-hybridized carbons (Fsp3) is 0.278. The number of nitrogens with zero attached hydrogens (tertiary/aromatic N) is 1. The van der Waals surface area contributed by atoms with Gasteiger partial charge in [0, 0.05) is 23.2 Å². The van der Waals surface area contributed by atoms with Gasteiger partial charge in [-0.3, -0.25) is 0 Å². The molecule has 3 N–H and O–H groups in total.